The molecule has 0 aliphatic carbocycles. The number of benzene rings is 2. The summed E-state index contributed by atoms with van der Waals surface area (Å²) in [5.74, 6) is 2.02. The first kappa shape index (κ1) is 20.4. The van der Waals surface area contributed by atoms with Crippen LogP contribution in [-0.2, 0) is 11.3 Å². The number of methoxy groups -OCH3 is 1. The summed E-state index contributed by atoms with van der Waals surface area (Å²) in [6.45, 7) is 1.12. The Hall–Kier alpha value is -2.36. The highest BCUT2D eigenvalue weighted by Crippen LogP contribution is 2.19. The van der Waals surface area contributed by atoms with Gasteiger partial charge in [-0.05, 0) is 29.8 Å². The lowest BCUT2D eigenvalue weighted by Gasteiger charge is -2.09. The van der Waals surface area contributed by atoms with Gasteiger partial charge in [-0.25, -0.2) is 10.5 Å². The third kappa shape index (κ3) is 6.36. The number of hydrogen-bond acceptors (Lipinski definition) is 7. The molecule has 0 radical (unpaired) electrons. The number of nitrogens with one attached hydrogen (secondary N) is 2. The monoisotopic (exact) mass is 461 g/mol. The second kappa shape index (κ2) is 10.8. The number of aromatic nitrogens is 3. The van der Waals surface area contributed by atoms with Crippen molar-refractivity contribution >= 4 is 39.9 Å². The van der Waals surface area contributed by atoms with Crippen molar-refractivity contribution < 1.29 is 9.47 Å². The smallest absolute Gasteiger partial charge is 0.240 e. The molecule has 0 spiro atoms. The molecule has 2 aromatic carbocycles. The highest BCUT2D eigenvalue weighted by atomic mass is 79.9. The molecule has 0 aliphatic heterocycles. The number of thioether (sulfide) groups is 1. The number of halogens is 1. The molecule has 0 unspecified atom stereocenters. The Balaban J connectivity index is 1.57. The minimum absolute atomic E-state index is 0.474. The van der Waals surface area contributed by atoms with Gasteiger partial charge in [-0.3, -0.25) is 0 Å². The lowest BCUT2D eigenvalue weighted by atomic mass is 10.2. The van der Waals surface area contributed by atoms with Crippen molar-refractivity contribution in [2.45, 2.75) is 11.8 Å². The lowest BCUT2D eigenvalue weighted by molar-refractivity contribution is 0.218. The quantitative estimate of drug-likeness (QED) is 0.202. The van der Waals surface area contributed by atoms with Crippen LogP contribution in [-0.4, -0.2) is 40.9 Å². The summed E-state index contributed by atoms with van der Waals surface area (Å²) in [4.78, 5) is 4.30. The van der Waals surface area contributed by atoms with Crippen LogP contribution in [0.3, 0.4) is 0 Å². The van der Waals surface area contributed by atoms with Gasteiger partial charge in [0, 0.05) is 22.9 Å². The Bertz CT molecular complexity index is 919. The number of H-pyrrole nitrogens is 1. The molecule has 2 N–H and O–H groups in total. The fourth-order valence-electron chi connectivity index (χ4n) is 2.25. The van der Waals surface area contributed by atoms with Crippen LogP contribution in [0.25, 0.3) is 0 Å². The lowest BCUT2D eigenvalue weighted by Crippen LogP contribution is -1.99. The fourth-order valence-corrected chi connectivity index (χ4v) is 3.39. The first-order valence-electron chi connectivity index (χ1n) is 8.54. The summed E-state index contributed by atoms with van der Waals surface area (Å²) in [6, 6.07) is 15.7. The Kier molecular flexibility index (Phi) is 7.89. The van der Waals surface area contributed by atoms with Gasteiger partial charge in [0.15, 0.2) is 0 Å². The number of nitrogens with zero attached hydrogens (tertiary/aromatic N) is 3. The first-order chi connectivity index (χ1) is 13.7. The van der Waals surface area contributed by atoms with Gasteiger partial charge in [-0.1, -0.05) is 52.0 Å². The molecule has 0 aliphatic rings. The molecule has 0 saturated carbocycles. The van der Waals surface area contributed by atoms with E-state index >= 15 is 0 Å². The van der Waals surface area contributed by atoms with Crippen LogP contribution in [0.4, 0.5) is 5.95 Å². The molecule has 1 heterocycles. The maximum Gasteiger partial charge on any atom is 0.240 e. The van der Waals surface area contributed by atoms with E-state index in [-0.39, 0.29) is 0 Å². The third-order valence-electron chi connectivity index (χ3n) is 3.56. The number of rotatable bonds is 10. The normalized spacial score (nSPS) is 11.1. The largest absolute Gasteiger partial charge is 0.488 e. The SMILES string of the molecule is COCCSc1n[nH]c(N/N=C/c2ccccc2OCc2cccc(Br)c2)n1. The molecule has 0 fully saturated rings. The van der Waals surface area contributed by atoms with Gasteiger partial charge in [0.2, 0.25) is 11.1 Å². The number of ether oxygens (including phenoxy) is 2. The second-order valence-corrected chi connectivity index (χ2v) is 7.61. The highest BCUT2D eigenvalue weighted by molar-refractivity contribution is 9.10. The van der Waals surface area contributed by atoms with Crippen LogP contribution in [0, 0.1) is 0 Å². The average Bonchev–Trinajstić information content (AvgIpc) is 3.15. The molecule has 7 nitrogen and oxygen atoms in total. The summed E-state index contributed by atoms with van der Waals surface area (Å²) in [7, 11) is 1.67. The first-order valence-corrected chi connectivity index (χ1v) is 10.3. The van der Waals surface area contributed by atoms with E-state index in [1.165, 1.54) is 11.8 Å². The zero-order valence-electron chi connectivity index (χ0n) is 15.3. The van der Waals surface area contributed by atoms with Gasteiger partial charge in [0.25, 0.3) is 0 Å². The van der Waals surface area contributed by atoms with Crippen LogP contribution in [0.15, 0.2) is 63.3 Å². The van der Waals surface area contributed by atoms with E-state index < -0.39 is 0 Å². The second-order valence-electron chi connectivity index (χ2n) is 5.63. The van der Waals surface area contributed by atoms with E-state index in [4.69, 9.17) is 9.47 Å². The van der Waals surface area contributed by atoms with E-state index in [0.29, 0.717) is 24.3 Å². The standard InChI is InChI=1S/C19H20BrN5O2S/c1-26-9-10-28-19-22-18(24-25-19)23-21-12-15-6-2-3-8-17(15)27-13-14-5-4-7-16(20)11-14/h2-8,11-12H,9-10,13H2,1H3,(H2,22,23,24,25)/b21-12+. The Morgan fingerprint density at radius 3 is 3.00 bits per heavy atom. The average molecular weight is 462 g/mol. The number of hydrazone groups is 1. The highest BCUT2D eigenvalue weighted by Gasteiger charge is 2.04. The van der Waals surface area contributed by atoms with Gasteiger partial charge in [-0.2, -0.15) is 10.1 Å². The molecular weight excluding hydrogens is 442 g/mol. The van der Waals surface area contributed by atoms with Gasteiger partial charge < -0.3 is 9.47 Å². The van der Waals surface area contributed by atoms with Crippen LogP contribution in [0.5, 0.6) is 5.75 Å². The number of aromatic amines is 1. The molecule has 0 atom stereocenters. The van der Waals surface area contributed by atoms with Crippen molar-refractivity contribution in [3.8, 4) is 5.75 Å². The molecule has 9 heteroatoms. The van der Waals surface area contributed by atoms with Crippen molar-refractivity contribution in [2.75, 3.05) is 24.9 Å². The molecule has 0 saturated heterocycles. The van der Waals surface area contributed by atoms with E-state index in [9.17, 15) is 0 Å². The number of hydrogen-bond donors (Lipinski definition) is 2. The molecule has 3 rings (SSSR count). The van der Waals surface area contributed by atoms with Crippen molar-refractivity contribution in [3.05, 3.63) is 64.1 Å². The Morgan fingerprint density at radius 1 is 1.25 bits per heavy atom. The maximum atomic E-state index is 5.95. The minimum Gasteiger partial charge on any atom is -0.488 e. The predicted molar refractivity (Wildman–Crippen MR) is 115 cm³/mol. The van der Waals surface area contributed by atoms with E-state index in [1.807, 2.05) is 48.5 Å². The van der Waals surface area contributed by atoms with Crippen LogP contribution >= 0.6 is 27.7 Å². The van der Waals surface area contributed by atoms with E-state index in [0.717, 1.165) is 27.1 Å². The number of anilines is 1. The van der Waals surface area contributed by atoms with Crippen LogP contribution in [0.2, 0.25) is 0 Å². The summed E-state index contributed by atoms with van der Waals surface area (Å²) in [6.07, 6.45) is 1.69. The molecule has 0 bridgehead atoms. The van der Waals surface area contributed by atoms with Gasteiger partial charge >= 0.3 is 0 Å². The van der Waals surface area contributed by atoms with Crippen molar-refractivity contribution in [1.29, 1.82) is 0 Å². The molecule has 1 aromatic heterocycles. The fraction of sp³-hybridized carbons (Fsp3) is 0.211. The Morgan fingerprint density at radius 2 is 2.14 bits per heavy atom. The minimum atomic E-state index is 0.474. The maximum absolute atomic E-state index is 5.95. The topological polar surface area (TPSA) is 84.4 Å². The van der Waals surface area contributed by atoms with Gasteiger partial charge in [0.1, 0.15) is 12.4 Å². The summed E-state index contributed by atoms with van der Waals surface area (Å²) in [5.41, 5.74) is 4.79. The molecule has 146 valence electrons. The molecule has 3 aromatic rings. The number of para-hydroxylation sites is 1. The predicted octanol–water partition coefficient (Wildman–Crippen LogP) is 4.33. The van der Waals surface area contributed by atoms with Crippen LogP contribution < -0.4 is 10.2 Å². The van der Waals surface area contributed by atoms with Crippen LogP contribution in [0.1, 0.15) is 11.1 Å². The van der Waals surface area contributed by atoms with Gasteiger partial charge in [0.05, 0.1) is 12.8 Å². The molecular formula is C19H20BrN5O2S. The molecule has 28 heavy (non-hydrogen) atoms. The molecule has 0 amide bonds. The summed E-state index contributed by atoms with van der Waals surface area (Å²) >= 11 is 4.98. The van der Waals surface area contributed by atoms with E-state index in [1.54, 1.807) is 13.3 Å². The zero-order chi connectivity index (χ0) is 19.6. The van der Waals surface area contributed by atoms with Crippen molar-refractivity contribution in [3.63, 3.8) is 0 Å². The van der Waals surface area contributed by atoms with Crippen molar-refractivity contribution in [1.82, 2.24) is 15.2 Å². The third-order valence-corrected chi connectivity index (χ3v) is 4.86. The van der Waals surface area contributed by atoms with Crippen molar-refractivity contribution in [2.24, 2.45) is 5.10 Å². The Labute approximate surface area is 176 Å². The summed E-state index contributed by atoms with van der Waals surface area (Å²) in [5, 5.41) is 11.8. The summed E-state index contributed by atoms with van der Waals surface area (Å²) < 4.78 is 12.0. The van der Waals surface area contributed by atoms with Gasteiger partial charge in [-0.15, -0.1) is 5.10 Å². The zero-order valence-corrected chi connectivity index (χ0v) is 17.7. The van der Waals surface area contributed by atoms with E-state index in [2.05, 4.69) is 41.6 Å².